The number of hydrogen-bond acceptors (Lipinski definition) is 6. The van der Waals surface area contributed by atoms with Crippen LogP contribution in [0, 0.1) is 39.3 Å². The first-order valence-electron chi connectivity index (χ1n) is 13.8. The van der Waals surface area contributed by atoms with Crippen molar-refractivity contribution in [2.24, 2.45) is 0 Å². The van der Waals surface area contributed by atoms with Gasteiger partial charge in [0, 0.05) is 28.6 Å². The van der Waals surface area contributed by atoms with E-state index in [4.69, 9.17) is 19.9 Å². The lowest BCUT2D eigenvalue weighted by Crippen LogP contribution is -2.34. The molecule has 0 aromatic heterocycles. The topological polar surface area (TPSA) is 104 Å². The number of ether oxygens (including phenoxy) is 1. The molecule has 0 amide bonds. The van der Waals surface area contributed by atoms with E-state index in [1.807, 2.05) is 64.1 Å². The minimum absolute atomic E-state index is 0. The summed E-state index contributed by atoms with van der Waals surface area (Å²) in [7, 11) is -1.35. The quantitative estimate of drug-likeness (QED) is 0.157. The van der Waals surface area contributed by atoms with E-state index in [-0.39, 0.29) is 19.1 Å². The molecule has 3 N–H and O–H groups in total. The lowest BCUT2D eigenvalue weighted by molar-refractivity contribution is -0.0589. The van der Waals surface area contributed by atoms with Gasteiger partial charge in [-0.1, -0.05) is 55.0 Å². The normalized spacial score (nSPS) is 13.0. The van der Waals surface area contributed by atoms with Crippen LogP contribution in [0.4, 0.5) is 8.78 Å². The van der Waals surface area contributed by atoms with Crippen LogP contribution in [0.2, 0.25) is 0 Å². The number of aryl methyl sites for hydroxylation is 4. The number of aldehydes is 2. The van der Waals surface area contributed by atoms with Crippen molar-refractivity contribution in [3.63, 3.8) is 0 Å². The van der Waals surface area contributed by atoms with Crippen LogP contribution >= 0.6 is 15.9 Å². The maximum absolute atomic E-state index is 13.3. The van der Waals surface area contributed by atoms with Gasteiger partial charge in [-0.2, -0.15) is 0 Å². The van der Waals surface area contributed by atoms with E-state index in [1.54, 1.807) is 0 Å². The van der Waals surface area contributed by atoms with E-state index < -0.39 is 13.4 Å². The van der Waals surface area contributed by atoms with E-state index in [0.29, 0.717) is 32.9 Å². The Kier molecular flexibility index (Phi) is 17.3. The predicted octanol–water partition coefficient (Wildman–Crippen LogP) is 7.06. The molecule has 0 radical (unpaired) electrons. The standard InChI is InChI=1S/C15H13FO.C8H11BO2.C7H4BrFO.C4H8O2.CH4/c1-10-4-3-5-11(2)15(10)14-8-13(16)7-6-12(14)9-17;1-6-4-3-5-7(2)8(6)9(10)11;8-7-3-6(9)2-1-5(7)4-10;5-4-2-1-3-6-4;/h3-9H,1-2H3;3-5,10-11H,1-2H3;1-4H;4-5H,1-3H2;1H4. The second kappa shape index (κ2) is 19.8. The zero-order chi connectivity index (χ0) is 32.8. The van der Waals surface area contributed by atoms with Crippen molar-refractivity contribution in [3.05, 3.63) is 122 Å². The minimum atomic E-state index is -1.35. The Morgan fingerprint density at radius 3 is 1.67 bits per heavy atom. The largest absolute Gasteiger partial charge is 0.488 e. The van der Waals surface area contributed by atoms with Gasteiger partial charge >= 0.3 is 7.12 Å². The van der Waals surface area contributed by atoms with Gasteiger partial charge in [0.05, 0.1) is 0 Å². The van der Waals surface area contributed by atoms with Crippen LogP contribution in [-0.4, -0.2) is 47.7 Å². The van der Waals surface area contributed by atoms with Crippen molar-refractivity contribution in [2.75, 3.05) is 6.61 Å². The molecule has 1 fully saturated rings. The molecular formula is C35H40BBrF2O6. The van der Waals surface area contributed by atoms with Gasteiger partial charge < -0.3 is 19.9 Å². The zero-order valence-corrected chi connectivity index (χ0v) is 26.6. The molecule has 6 nitrogen and oxygen atoms in total. The summed E-state index contributed by atoms with van der Waals surface area (Å²) in [6.45, 7) is 8.38. The third-order valence-electron chi connectivity index (χ3n) is 6.69. The number of hydrogen-bond donors (Lipinski definition) is 3. The number of aliphatic hydroxyl groups excluding tert-OH is 1. The zero-order valence-electron chi connectivity index (χ0n) is 25.1. The fourth-order valence-electron chi connectivity index (χ4n) is 4.48. The molecule has 1 aliphatic heterocycles. The Hall–Kier alpha value is -3.54. The third-order valence-corrected chi connectivity index (χ3v) is 7.37. The summed E-state index contributed by atoms with van der Waals surface area (Å²) in [6.07, 6.45) is 2.82. The summed E-state index contributed by atoms with van der Waals surface area (Å²) in [5.41, 5.74) is 7.11. The highest BCUT2D eigenvalue weighted by atomic mass is 79.9. The van der Waals surface area contributed by atoms with E-state index >= 15 is 0 Å². The number of aliphatic hydroxyl groups is 1. The Labute approximate surface area is 273 Å². The van der Waals surface area contributed by atoms with Crippen LogP contribution in [0.1, 0.15) is 63.2 Å². The van der Waals surface area contributed by atoms with E-state index in [0.717, 1.165) is 53.6 Å². The molecule has 1 aliphatic rings. The molecule has 4 aromatic rings. The predicted molar refractivity (Wildman–Crippen MR) is 180 cm³/mol. The average Bonchev–Trinajstić information content (AvgIpc) is 3.45. The Morgan fingerprint density at radius 2 is 1.29 bits per heavy atom. The van der Waals surface area contributed by atoms with Crippen LogP contribution < -0.4 is 5.46 Å². The molecule has 0 aliphatic carbocycles. The van der Waals surface area contributed by atoms with Gasteiger partial charge in [0.25, 0.3) is 0 Å². The molecular weight excluding hydrogens is 645 g/mol. The van der Waals surface area contributed by atoms with Gasteiger partial charge in [-0.25, -0.2) is 8.78 Å². The Balaban J connectivity index is 0.000000316. The molecule has 240 valence electrons. The maximum atomic E-state index is 13.3. The lowest BCUT2D eigenvalue weighted by Gasteiger charge is -2.12. The molecule has 1 saturated heterocycles. The summed E-state index contributed by atoms with van der Waals surface area (Å²) in [6, 6.07) is 19.7. The summed E-state index contributed by atoms with van der Waals surface area (Å²) < 4.78 is 30.9. The molecule has 0 saturated carbocycles. The van der Waals surface area contributed by atoms with Gasteiger partial charge in [-0.3, -0.25) is 9.59 Å². The summed E-state index contributed by atoms with van der Waals surface area (Å²) >= 11 is 3.04. The van der Waals surface area contributed by atoms with E-state index in [2.05, 4.69) is 15.9 Å². The van der Waals surface area contributed by atoms with Crippen molar-refractivity contribution in [1.82, 2.24) is 0 Å². The summed E-state index contributed by atoms with van der Waals surface area (Å²) in [5, 5.41) is 26.4. The van der Waals surface area contributed by atoms with Gasteiger partial charge in [0.15, 0.2) is 18.9 Å². The summed E-state index contributed by atoms with van der Waals surface area (Å²) in [5.74, 6) is -0.675. The van der Waals surface area contributed by atoms with Crippen molar-refractivity contribution in [3.8, 4) is 11.1 Å². The fourth-order valence-corrected chi connectivity index (χ4v) is 4.92. The molecule has 0 spiro atoms. The lowest BCUT2D eigenvalue weighted by atomic mass is 9.74. The molecule has 5 rings (SSSR count). The highest BCUT2D eigenvalue weighted by molar-refractivity contribution is 9.10. The van der Waals surface area contributed by atoms with Crippen LogP contribution in [0.25, 0.3) is 11.1 Å². The summed E-state index contributed by atoms with van der Waals surface area (Å²) in [4.78, 5) is 21.2. The first-order chi connectivity index (χ1) is 20.9. The molecule has 45 heavy (non-hydrogen) atoms. The first-order valence-corrected chi connectivity index (χ1v) is 14.6. The molecule has 4 aromatic carbocycles. The van der Waals surface area contributed by atoms with Crippen LogP contribution in [0.15, 0.2) is 77.3 Å². The fraction of sp³-hybridized carbons (Fsp3) is 0.257. The maximum Gasteiger partial charge on any atom is 0.488 e. The Bertz CT molecular complexity index is 1500. The van der Waals surface area contributed by atoms with Crippen molar-refractivity contribution in [1.29, 1.82) is 0 Å². The van der Waals surface area contributed by atoms with Gasteiger partial charge in [0.1, 0.15) is 11.6 Å². The van der Waals surface area contributed by atoms with Crippen molar-refractivity contribution in [2.45, 2.75) is 54.3 Å². The van der Waals surface area contributed by atoms with Gasteiger partial charge in [0.2, 0.25) is 0 Å². The van der Waals surface area contributed by atoms with Gasteiger partial charge in [-0.15, -0.1) is 0 Å². The van der Waals surface area contributed by atoms with Crippen LogP contribution in [0.5, 0.6) is 0 Å². The SMILES string of the molecule is C.Cc1cccc(C)c1-c1cc(F)ccc1C=O.Cc1cccc(C)c1B(O)O.O=Cc1ccc(F)cc1Br.OC1CCCO1. The molecule has 1 heterocycles. The second-order valence-corrected chi connectivity index (χ2v) is 10.9. The van der Waals surface area contributed by atoms with Crippen LogP contribution in [-0.2, 0) is 4.74 Å². The highest BCUT2D eigenvalue weighted by Gasteiger charge is 2.15. The monoisotopic (exact) mass is 684 g/mol. The number of carbonyl (C=O) groups excluding carboxylic acids is 2. The van der Waals surface area contributed by atoms with E-state index in [1.165, 1.54) is 36.4 Å². The average molecular weight is 685 g/mol. The second-order valence-electron chi connectivity index (χ2n) is 10.0. The molecule has 0 bridgehead atoms. The number of benzene rings is 4. The highest BCUT2D eigenvalue weighted by Crippen LogP contribution is 2.30. The van der Waals surface area contributed by atoms with E-state index in [9.17, 15) is 18.4 Å². The number of carbonyl (C=O) groups is 2. The number of halogens is 3. The smallest absolute Gasteiger partial charge is 0.423 e. The Morgan fingerprint density at radius 1 is 0.800 bits per heavy atom. The van der Waals surface area contributed by atoms with Crippen molar-refractivity contribution >= 4 is 41.1 Å². The minimum Gasteiger partial charge on any atom is -0.423 e. The van der Waals surface area contributed by atoms with Gasteiger partial charge in [-0.05, 0) is 114 Å². The number of rotatable bonds is 4. The van der Waals surface area contributed by atoms with Crippen LogP contribution in [0.3, 0.4) is 0 Å². The third kappa shape index (κ3) is 12.4. The molecule has 10 heteroatoms. The molecule has 1 unspecified atom stereocenters. The first kappa shape index (κ1) is 39.5. The van der Waals surface area contributed by atoms with Crippen molar-refractivity contribution < 1.29 is 38.3 Å². The molecule has 1 atom stereocenters.